The molecule has 3 aromatic rings. The van der Waals surface area contributed by atoms with Crippen molar-refractivity contribution < 1.29 is 0 Å². The highest BCUT2D eigenvalue weighted by Crippen LogP contribution is 2.20. The summed E-state index contributed by atoms with van der Waals surface area (Å²) in [6.07, 6.45) is 5.54. The molecule has 2 aromatic heterocycles. The highest BCUT2D eigenvalue weighted by molar-refractivity contribution is 5.84. The number of hydrogen-bond acceptors (Lipinski definition) is 3. The van der Waals surface area contributed by atoms with Crippen molar-refractivity contribution in [1.82, 2.24) is 19.7 Å². The van der Waals surface area contributed by atoms with Crippen LogP contribution >= 0.6 is 0 Å². The van der Waals surface area contributed by atoms with Crippen LogP contribution in [0.25, 0.3) is 10.9 Å². The quantitative estimate of drug-likeness (QED) is 0.756. The number of H-pyrrole nitrogens is 1. The molecule has 0 spiro atoms. The summed E-state index contributed by atoms with van der Waals surface area (Å²) < 4.78 is 1.78. The molecule has 0 saturated heterocycles. The van der Waals surface area contributed by atoms with E-state index in [0.717, 1.165) is 22.0 Å². The zero-order chi connectivity index (χ0) is 12.4. The molecule has 1 N–H and O–H groups in total. The van der Waals surface area contributed by atoms with Crippen LogP contribution in [-0.2, 0) is 13.0 Å². The first-order valence-corrected chi connectivity index (χ1v) is 5.65. The molecule has 1 aromatic carbocycles. The van der Waals surface area contributed by atoms with Crippen LogP contribution < -0.4 is 0 Å². The molecule has 2 heterocycles. The Hall–Kier alpha value is -2.61. The molecule has 0 unspecified atom stereocenters. The lowest BCUT2D eigenvalue weighted by atomic mass is 10.1. The molecule has 5 heteroatoms. The van der Waals surface area contributed by atoms with Crippen LogP contribution in [0.3, 0.4) is 0 Å². The van der Waals surface area contributed by atoms with E-state index in [1.54, 1.807) is 11.0 Å². The van der Waals surface area contributed by atoms with Crippen molar-refractivity contribution in [3.05, 3.63) is 48.2 Å². The molecule has 3 rings (SSSR count). The average Bonchev–Trinajstić information content (AvgIpc) is 3.00. The fourth-order valence-corrected chi connectivity index (χ4v) is 2.06. The summed E-state index contributed by atoms with van der Waals surface area (Å²) in [6.45, 7) is 0.688. The number of nitrogens with zero attached hydrogens (tertiary/aromatic N) is 4. The maximum atomic E-state index is 8.79. The van der Waals surface area contributed by atoms with Gasteiger partial charge < -0.3 is 4.98 Å². The minimum Gasteiger partial charge on any atom is -0.361 e. The topological polar surface area (TPSA) is 70.3 Å². The minimum absolute atomic E-state index is 0.423. The van der Waals surface area contributed by atoms with Crippen LogP contribution in [0.2, 0.25) is 0 Å². The summed E-state index contributed by atoms with van der Waals surface area (Å²) in [5.74, 6) is 0. The smallest absolute Gasteiger partial charge is 0.137 e. The molecule has 0 aliphatic heterocycles. The number of aromatic amines is 1. The monoisotopic (exact) mass is 237 g/mol. The maximum Gasteiger partial charge on any atom is 0.137 e. The standard InChI is InChI=1S/C13H11N5/c14-4-3-11-6-16-13-2-1-10(5-12(11)13)7-18-9-15-8-17-18/h1-2,5-6,8-9,16H,3,7H2. The van der Waals surface area contributed by atoms with Crippen molar-refractivity contribution in [2.45, 2.75) is 13.0 Å². The third-order valence-electron chi connectivity index (χ3n) is 2.91. The first-order chi connectivity index (χ1) is 8.86. The van der Waals surface area contributed by atoms with Gasteiger partial charge in [-0.05, 0) is 23.3 Å². The zero-order valence-corrected chi connectivity index (χ0v) is 9.67. The van der Waals surface area contributed by atoms with Crippen molar-refractivity contribution in [2.24, 2.45) is 0 Å². The van der Waals surface area contributed by atoms with Crippen molar-refractivity contribution in [1.29, 1.82) is 5.26 Å². The molecule has 0 amide bonds. The molecule has 88 valence electrons. The molecule has 5 nitrogen and oxygen atoms in total. The van der Waals surface area contributed by atoms with Gasteiger partial charge >= 0.3 is 0 Å². The summed E-state index contributed by atoms with van der Waals surface area (Å²) >= 11 is 0. The Bertz CT molecular complexity index is 703. The molecular weight excluding hydrogens is 226 g/mol. The summed E-state index contributed by atoms with van der Waals surface area (Å²) in [6, 6.07) is 8.36. The SMILES string of the molecule is N#CCc1c[nH]c2ccc(Cn3cncn3)cc12. The van der Waals surface area contributed by atoms with E-state index >= 15 is 0 Å². The number of benzene rings is 1. The van der Waals surface area contributed by atoms with Gasteiger partial charge in [-0.2, -0.15) is 10.4 Å². The summed E-state index contributed by atoms with van der Waals surface area (Å²) in [5.41, 5.74) is 3.24. The molecule has 0 atom stereocenters. The number of nitriles is 1. The van der Waals surface area contributed by atoms with E-state index in [-0.39, 0.29) is 0 Å². The Labute approximate surface area is 104 Å². The molecule has 0 aliphatic rings. The second kappa shape index (κ2) is 4.34. The highest BCUT2D eigenvalue weighted by Gasteiger charge is 2.05. The van der Waals surface area contributed by atoms with Crippen LogP contribution in [0.15, 0.2) is 37.1 Å². The largest absolute Gasteiger partial charge is 0.361 e. The van der Waals surface area contributed by atoms with Gasteiger partial charge in [-0.15, -0.1) is 0 Å². The minimum atomic E-state index is 0.423. The number of rotatable bonds is 3. The predicted octanol–water partition coefficient (Wildman–Crippen LogP) is 1.87. The number of aromatic nitrogens is 4. The number of nitrogens with one attached hydrogen (secondary N) is 1. The van der Waals surface area contributed by atoms with Crippen LogP contribution in [-0.4, -0.2) is 19.7 Å². The van der Waals surface area contributed by atoms with E-state index in [4.69, 9.17) is 5.26 Å². The van der Waals surface area contributed by atoms with Crippen molar-refractivity contribution >= 4 is 10.9 Å². The fourth-order valence-electron chi connectivity index (χ4n) is 2.06. The Kier molecular flexibility index (Phi) is 2.54. The van der Waals surface area contributed by atoms with E-state index < -0.39 is 0 Å². The number of fused-ring (bicyclic) bond motifs is 1. The molecular formula is C13H11N5. The van der Waals surface area contributed by atoms with E-state index in [1.807, 2.05) is 12.3 Å². The first kappa shape index (κ1) is 10.5. The van der Waals surface area contributed by atoms with Crippen LogP contribution in [0.1, 0.15) is 11.1 Å². The lowest BCUT2D eigenvalue weighted by molar-refractivity contribution is 0.685. The summed E-state index contributed by atoms with van der Waals surface area (Å²) in [7, 11) is 0. The van der Waals surface area contributed by atoms with Gasteiger partial charge in [0.05, 0.1) is 19.0 Å². The first-order valence-electron chi connectivity index (χ1n) is 5.65. The van der Waals surface area contributed by atoms with Gasteiger partial charge in [-0.25, -0.2) is 9.67 Å². The second-order valence-electron chi connectivity index (χ2n) is 4.12. The van der Waals surface area contributed by atoms with Crippen molar-refractivity contribution in [3.63, 3.8) is 0 Å². The lowest BCUT2D eigenvalue weighted by Crippen LogP contribution is -1.99. The summed E-state index contributed by atoms with van der Waals surface area (Å²) in [4.78, 5) is 7.09. The van der Waals surface area contributed by atoms with E-state index in [0.29, 0.717) is 13.0 Å². The molecule has 0 radical (unpaired) electrons. The van der Waals surface area contributed by atoms with Crippen molar-refractivity contribution in [2.75, 3.05) is 0 Å². The van der Waals surface area contributed by atoms with Crippen LogP contribution in [0, 0.1) is 11.3 Å². The van der Waals surface area contributed by atoms with Gasteiger partial charge in [0.2, 0.25) is 0 Å². The fraction of sp³-hybridized carbons (Fsp3) is 0.154. The normalized spacial score (nSPS) is 10.6. The second-order valence-corrected chi connectivity index (χ2v) is 4.12. The molecule has 0 fully saturated rings. The zero-order valence-electron chi connectivity index (χ0n) is 9.67. The van der Waals surface area contributed by atoms with Crippen LogP contribution in [0.5, 0.6) is 0 Å². The Morgan fingerprint density at radius 2 is 2.33 bits per heavy atom. The van der Waals surface area contributed by atoms with E-state index in [9.17, 15) is 0 Å². The van der Waals surface area contributed by atoms with Crippen molar-refractivity contribution in [3.8, 4) is 6.07 Å². The van der Waals surface area contributed by atoms with Gasteiger partial charge in [0.15, 0.2) is 0 Å². The van der Waals surface area contributed by atoms with Gasteiger partial charge in [0.25, 0.3) is 0 Å². The Morgan fingerprint density at radius 3 is 3.11 bits per heavy atom. The third kappa shape index (κ3) is 1.84. The van der Waals surface area contributed by atoms with Gasteiger partial charge in [0.1, 0.15) is 12.7 Å². The van der Waals surface area contributed by atoms with E-state index in [1.165, 1.54) is 6.33 Å². The summed E-state index contributed by atoms with van der Waals surface area (Å²) in [5, 5.41) is 14.0. The van der Waals surface area contributed by atoms with Gasteiger partial charge in [-0.3, -0.25) is 0 Å². The molecule has 18 heavy (non-hydrogen) atoms. The maximum absolute atomic E-state index is 8.79. The van der Waals surface area contributed by atoms with Gasteiger partial charge in [-0.1, -0.05) is 6.07 Å². The number of hydrogen-bond donors (Lipinski definition) is 1. The predicted molar refractivity (Wildman–Crippen MR) is 66.7 cm³/mol. The third-order valence-corrected chi connectivity index (χ3v) is 2.91. The average molecular weight is 237 g/mol. The molecule has 0 aliphatic carbocycles. The highest BCUT2D eigenvalue weighted by atomic mass is 15.3. The van der Waals surface area contributed by atoms with Crippen LogP contribution in [0.4, 0.5) is 0 Å². The van der Waals surface area contributed by atoms with Gasteiger partial charge in [0, 0.05) is 17.1 Å². The molecule has 0 saturated carbocycles. The Morgan fingerprint density at radius 1 is 1.39 bits per heavy atom. The van der Waals surface area contributed by atoms with E-state index in [2.05, 4.69) is 33.3 Å². The molecule has 0 bridgehead atoms. The lowest BCUT2D eigenvalue weighted by Gasteiger charge is -2.02. The Balaban J connectivity index is 1.99.